The van der Waals surface area contributed by atoms with Crippen LogP contribution in [0.5, 0.6) is 0 Å². The van der Waals surface area contributed by atoms with Gasteiger partial charge >= 0.3 is 0 Å². The van der Waals surface area contributed by atoms with Gasteiger partial charge in [-0.2, -0.15) is 0 Å². The van der Waals surface area contributed by atoms with E-state index in [0.717, 1.165) is 12.8 Å². The Kier molecular flexibility index (Phi) is 6.57. The molecule has 3 aromatic rings. The summed E-state index contributed by atoms with van der Waals surface area (Å²) in [5.74, 6) is 0.0242. The Balaban J connectivity index is 1.96. The molecule has 1 heterocycles. The fourth-order valence-corrected chi connectivity index (χ4v) is 4.21. The van der Waals surface area contributed by atoms with E-state index in [0.29, 0.717) is 33.2 Å². The number of thioether (sulfide) groups is 1. The number of ketones is 1. The van der Waals surface area contributed by atoms with Crippen LogP contribution in [-0.2, 0) is 13.0 Å². The monoisotopic (exact) mass is 414 g/mol. The van der Waals surface area contributed by atoms with Crippen LogP contribution in [0.15, 0.2) is 52.4 Å². The molecule has 0 amide bonds. The van der Waals surface area contributed by atoms with Gasteiger partial charge in [0.2, 0.25) is 0 Å². The van der Waals surface area contributed by atoms with Crippen molar-refractivity contribution in [2.45, 2.75) is 50.6 Å². The fourth-order valence-electron chi connectivity index (χ4n) is 3.04. The third kappa shape index (κ3) is 4.31. The molecule has 0 radical (unpaired) electrons. The Morgan fingerprint density at radius 3 is 2.54 bits per heavy atom. The highest BCUT2D eigenvalue weighted by atomic mass is 35.5. The normalized spacial score (nSPS) is 12.3. The summed E-state index contributed by atoms with van der Waals surface area (Å²) in [6.07, 6.45) is 1.74. The van der Waals surface area contributed by atoms with Crippen molar-refractivity contribution in [3.05, 3.63) is 69.0 Å². The van der Waals surface area contributed by atoms with Crippen molar-refractivity contribution in [3.8, 4) is 0 Å². The van der Waals surface area contributed by atoms with E-state index in [-0.39, 0.29) is 16.6 Å². The molecular formula is C22H23ClN2O2S. The molecule has 0 bridgehead atoms. The van der Waals surface area contributed by atoms with Gasteiger partial charge in [-0.1, -0.05) is 61.5 Å². The van der Waals surface area contributed by atoms with E-state index in [4.69, 9.17) is 11.6 Å². The zero-order chi connectivity index (χ0) is 20.3. The summed E-state index contributed by atoms with van der Waals surface area (Å²) in [6, 6.07) is 12.8. The van der Waals surface area contributed by atoms with Crippen LogP contribution in [0.4, 0.5) is 0 Å². The van der Waals surface area contributed by atoms with E-state index in [1.165, 1.54) is 17.3 Å². The molecule has 6 heteroatoms. The molecule has 0 fully saturated rings. The number of hydrogen-bond donors (Lipinski definition) is 0. The van der Waals surface area contributed by atoms with E-state index < -0.39 is 0 Å². The van der Waals surface area contributed by atoms with E-state index >= 15 is 0 Å². The van der Waals surface area contributed by atoms with Crippen molar-refractivity contribution in [2.75, 3.05) is 0 Å². The number of aromatic nitrogens is 2. The van der Waals surface area contributed by atoms with Gasteiger partial charge in [-0.15, -0.1) is 0 Å². The Morgan fingerprint density at radius 2 is 1.89 bits per heavy atom. The number of benzene rings is 2. The van der Waals surface area contributed by atoms with Crippen LogP contribution in [0.25, 0.3) is 10.9 Å². The standard InChI is InChI=1S/C22H23ClN2O2S/c1-4-12-25-21(27)18-11-10-17(23)13-19(18)24-22(25)28-14(3)20(26)16-8-6-15(5-2)7-9-16/h6-11,13-14H,4-5,12H2,1-3H3/t14-/m0/s1. The molecule has 146 valence electrons. The topological polar surface area (TPSA) is 52.0 Å². The summed E-state index contributed by atoms with van der Waals surface area (Å²) in [4.78, 5) is 30.4. The number of halogens is 1. The van der Waals surface area contributed by atoms with Crippen LogP contribution in [0.3, 0.4) is 0 Å². The molecule has 0 saturated carbocycles. The van der Waals surface area contributed by atoms with Crippen LogP contribution in [-0.4, -0.2) is 20.6 Å². The average molecular weight is 415 g/mol. The number of hydrogen-bond acceptors (Lipinski definition) is 4. The lowest BCUT2D eigenvalue weighted by Crippen LogP contribution is -2.25. The van der Waals surface area contributed by atoms with Gasteiger partial charge in [-0.05, 0) is 43.5 Å². The number of carbonyl (C=O) groups is 1. The van der Waals surface area contributed by atoms with Crippen LogP contribution in [0.2, 0.25) is 5.02 Å². The lowest BCUT2D eigenvalue weighted by molar-refractivity contribution is 0.0994. The second-order valence-corrected chi connectivity index (χ2v) is 8.43. The van der Waals surface area contributed by atoms with Crippen LogP contribution in [0, 0.1) is 0 Å². The summed E-state index contributed by atoms with van der Waals surface area (Å²) in [7, 11) is 0. The molecule has 2 aromatic carbocycles. The predicted molar refractivity (Wildman–Crippen MR) is 117 cm³/mol. The molecule has 0 saturated heterocycles. The van der Waals surface area contributed by atoms with Crippen LogP contribution < -0.4 is 5.56 Å². The Labute approximate surface area is 173 Å². The smallest absolute Gasteiger partial charge is 0.262 e. The minimum Gasteiger partial charge on any atom is -0.293 e. The van der Waals surface area contributed by atoms with Crippen LogP contribution >= 0.6 is 23.4 Å². The highest BCUT2D eigenvalue weighted by Crippen LogP contribution is 2.26. The summed E-state index contributed by atoms with van der Waals surface area (Å²) >= 11 is 7.39. The van der Waals surface area contributed by atoms with Gasteiger partial charge in [0.1, 0.15) is 0 Å². The molecule has 28 heavy (non-hydrogen) atoms. The largest absolute Gasteiger partial charge is 0.293 e. The van der Waals surface area contributed by atoms with Gasteiger partial charge in [-0.3, -0.25) is 14.2 Å². The molecule has 1 atom stereocenters. The molecule has 0 spiro atoms. The number of aryl methyl sites for hydroxylation is 1. The van der Waals surface area contributed by atoms with Crippen molar-refractivity contribution in [1.29, 1.82) is 0 Å². The first kappa shape index (κ1) is 20.6. The van der Waals surface area contributed by atoms with E-state index in [9.17, 15) is 9.59 Å². The molecule has 0 unspecified atom stereocenters. The summed E-state index contributed by atoms with van der Waals surface area (Å²) in [5.41, 5.74) is 2.32. The average Bonchev–Trinajstić information content (AvgIpc) is 2.70. The maximum atomic E-state index is 12.9. The second-order valence-electron chi connectivity index (χ2n) is 6.69. The Morgan fingerprint density at radius 1 is 1.18 bits per heavy atom. The number of Topliss-reactive ketones (excluding diaryl/α,β-unsaturated/α-hetero) is 1. The van der Waals surface area contributed by atoms with Gasteiger partial charge in [0, 0.05) is 17.1 Å². The first-order valence-corrected chi connectivity index (χ1v) is 10.7. The maximum absolute atomic E-state index is 12.9. The van der Waals surface area contributed by atoms with Crippen molar-refractivity contribution in [3.63, 3.8) is 0 Å². The van der Waals surface area contributed by atoms with Gasteiger partial charge < -0.3 is 0 Å². The van der Waals surface area contributed by atoms with E-state index in [1.807, 2.05) is 38.1 Å². The Bertz CT molecular complexity index is 1060. The lowest BCUT2D eigenvalue weighted by Gasteiger charge is -2.15. The number of rotatable bonds is 7. The van der Waals surface area contributed by atoms with Crippen molar-refractivity contribution in [2.24, 2.45) is 0 Å². The molecule has 0 aliphatic carbocycles. The SMILES string of the molecule is CCCn1c(S[C@@H](C)C(=O)c2ccc(CC)cc2)nc2cc(Cl)ccc2c1=O. The quantitative estimate of drug-likeness (QED) is 0.295. The van der Waals surface area contributed by atoms with Gasteiger partial charge in [0.05, 0.1) is 16.2 Å². The fraction of sp³-hybridized carbons (Fsp3) is 0.318. The summed E-state index contributed by atoms with van der Waals surface area (Å²) in [5, 5.41) is 1.26. The third-order valence-corrected chi connectivity index (χ3v) is 5.95. The van der Waals surface area contributed by atoms with Crippen molar-refractivity contribution >= 4 is 40.0 Å². The molecule has 3 rings (SSSR count). The molecule has 4 nitrogen and oxygen atoms in total. The highest BCUT2D eigenvalue weighted by Gasteiger charge is 2.20. The minimum atomic E-state index is -0.362. The third-order valence-electron chi connectivity index (χ3n) is 4.63. The molecule has 0 aliphatic rings. The Hall–Kier alpha value is -2.11. The second kappa shape index (κ2) is 8.93. The zero-order valence-electron chi connectivity index (χ0n) is 16.2. The number of carbonyl (C=O) groups excluding carboxylic acids is 1. The van der Waals surface area contributed by atoms with E-state index in [2.05, 4.69) is 11.9 Å². The number of fused-ring (bicyclic) bond motifs is 1. The minimum absolute atomic E-state index is 0.0242. The first-order chi connectivity index (χ1) is 13.4. The lowest BCUT2D eigenvalue weighted by atomic mass is 10.1. The maximum Gasteiger partial charge on any atom is 0.262 e. The first-order valence-electron chi connectivity index (χ1n) is 9.44. The predicted octanol–water partition coefficient (Wildman–Crippen LogP) is 5.39. The molecule has 0 N–H and O–H groups in total. The number of nitrogens with zero attached hydrogens (tertiary/aromatic N) is 2. The van der Waals surface area contributed by atoms with Gasteiger partial charge in [0.15, 0.2) is 10.9 Å². The summed E-state index contributed by atoms with van der Waals surface area (Å²) < 4.78 is 1.66. The molecule has 1 aromatic heterocycles. The van der Waals surface area contributed by atoms with Crippen molar-refractivity contribution < 1.29 is 4.79 Å². The highest BCUT2D eigenvalue weighted by molar-refractivity contribution is 8.00. The zero-order valence-corrected chi connectivity index (χ0v) is 17.8. The molecular weight excluding hydrogens is 392 g/mol. The van der Waals surface area contributed by atoms with Gasteiger partial charge in [-0.25, -0.2) is 4.98 Å². The van der Waals surface area contributed by atoms with E-state index in [1.54, 1.807) is 22.8 Å². The summed E-state index contributed by atoms with van der Waals surface area (Å²) in [6.45, 7) is 6.50. The molecule has 0 aliphatic heterocycles. The van der Waals surface area contributed by atoms with Crippen LogP contribution in [0.1, 0.15) is 43.1 Å². The van der Waals surface area contributed by atoms with Crippen molar-refractivity contribution in [1.82, 2.24) is 9.55 Å². The van der Waals surface area contributed by atoms with Gasteiger partial charge in [0.25, 0.3) is 5.56 Å².